The molecule has 0 aromatic carbocycles. The second kappa shape index (κ2) is 3.13. The molecule has 1 saturated heterocycles. The van der Waals surface area contributed by atoms with E-state index in [1.807, 2.05) is 0 Å². The standard InChI is InChI=1S/C5H9N2O5S/c1-4-7(10)2-6(5(8)9)3-13(4,11)12/h4H,2-3H2,1H3,(H,8,9)/q-1. The maximum absolute atomic E-state index is 11.2. The molecule has 0 bridgehead atoms. The van der Waals surface area contributed by atoms with Crippen molar-refractivity contribution < 1.29 is 18.3 Å². The third-order valence-corrected chi connectivity index (χ3v) is 3.79. The largest absolute Gasteiger partial charge is 0.783 e. The van der Waals surface area contributed by atoms with Crippen LogP contribution in [0.15, 0.2) is 0 Å². The monoisotopic (exact) mass is 209 g/mol. The van der Waals surface area contributed by atoms with E-state index in [1.54, 1.807) is 0 Å². The van der Waals surface area contributed by atoms with Gasteiger partial charge in [-0.3, -0.25) is 4.90 Å². The van der Waals surface area contributed by atoms with Crippen molar-refractivity contribution in [2.24, 2.45) is 0 Å². The Morgan fingerprint density at radius 3 is 2.54 bits per heavy atom. The summed E-state index contributed by atoms with van der Waals surface area (Å²) < 4.78 is 22.3. The minimum Gasteiger partial charge on any atom is -0.783 e. The van der Waals surface area contributed by atoms with Crippen molar-refractivity contribution in [1.29, 1.82) is 0 Å². The molecule has 1 aliphatic heterocycles. The van der Waals surface area contributed by atoms with Gasteiger partial charge in [0.05, 0.1) is 6.67 Å². The first kappa shape index (κ1) is 10.2. The molecular weight excluding hydrogens is 200 g/mol. The van der Waals surface area contributed by atoms with Crippen LogP contribution in [0.25, 0.3) is 0 Å². The van der Waals surface area contributed by atoms with Crippen LogP contribution >= 0.6 is 0 Å². The van der Waals surface area contributed by atoms with Crippen LogP contribution in [0.4, 0.5) is 4.79 Å². The van der Waals surface area contributed by atoms with Crippen LogP contribution in [0.3, 0.4) is 0 Å². The summed E-state index contributed by atoms with van der Waals surface area (Å²) in [5, 5.41) is 18.5. The van der Waals surface area contributed by atoms with E-state index in [2.05, 4.69) is 0 Å². The van der Waals surface area contributed by atoms with Gasteiger partial charge >= 0.3 is 6.09 Å². The van der Waals surface area contributed by atoms with E-state index < -0.39 is 33.8 Å². The van der Waals surface area contributed by atoms with Gasteiger partial charge in [0.1, 0.15) is 11.3 Å². The smallest absolute Gasteiger partial charge is 0.409 e. The molecule has 1 atom stereocenters. The Hall–Kier alpha value is -0.860. The lowest BCUT2D eigenvalue weighted by Crippen LogP contribution is -2.53. The van der Waals surface area contributed by atoms with Crippen LogP contribution in [-0.4, -0.2) is 47.5 Å². The summed E-state index contributed by atoms with van der Waals surface area (Å²) in [5.41, 5.74) is 0. The van der Waals surface area contributed by atoms with Crippen LogP contribution in [0.2, 0.25) is 0 Å². The number of amides is 1. The van der Waals surface area contributed by atoms with E-state index in [9.17, 15) is 18.4 Å². The van der Waals surface area contributed by atoms with Gasteiger partial charge in [-0.2, -0.15) is 0 Å². The SMILES string of the molecule is CC1N([O-])CN(C(=O)O)CS1(=O)=O. The predicted molar refractivity (Wildman–Crippen MR) is 43.2 cm³/mol. The highest BCUT2D eigenvalue weighted by atomic mass is 32.2. The molecule has 1 unspecified atom stereocenters. The third-order valence-electron chi connectivity index (χ3n) is 1.84. The summed E-state index contributed by atoms with van der Waals surface area (Å²) in [6.07, 6.45) is -1.41. The van der Waals surface area contributed by atoms with Gasteiger partial charge in [0.15, 0.2) is 9.84 Å². The van der Waals surface area contributed by atoms with Gasteiger partial charge in [-0.05, 0) is 6.92 Å². The molecule has 1 rings (SSSR count). The topological polar surface area (TPSA) is 101 Å². The van der Waals surface area contributed by atoms with Crippen molar-refractivity contribution in [2.45, 2.75) is 12.3 Å². The molecule has 0 radical (unpaired) electrons. The summed E-state index contributed by atoms with van der Waals surface area (Å²) in [5.74, 6) is -0.609. The van der Waals surface area contributed by atoms with E-state index in [1.165, 1.54) is 6.92 Å². The Bertz CT molecular complexity index is 313. The molecule has 1 heterocycles. The molecule has 0 saturated carbocycles. The Balaban J connectivity index is 2.89. The van der Waals surface area contributed by atoms with Crippen LogP contribution < -0.4 is 0 Å². The van der Waals surface area contributed by atoms with E-state index in [-0.39, 0.29) is 5.06 Å². The molecule has 13 heavy (non-hydrogen) atoms. The molecule has 8 heteroatoms. The molecule has 1 aliphatic rings. The molecule has 0 aliphatic carbocycles. The van der Waals surface area contributed by atoms with Crippen molar-refractivity contribution in [3.63, 3.8) is 0 Å². The van der Waals surface area contributed by atoms with Crippen molar-refractivity contribution in [3.8, 4) is 0 Å². The number of hydrogen-bond acceptors (Lipinski definition) is 5. The van der Waals surface area contributed by atoms with Crippen molar-refractivity contribution in [2.75, 3.05) is 12.5 Å². The van der Waals surface area contributed by atoms with Gasteiger partial charge < -0.3 is 15.4 Å². The molecule has 1 N–H and O–H groups in total. The van der Waals surface area contributed by atoms with Gasteiger partial charge in [0.2, 0.25) is 0 Å². The minimum absolute atomic E-state index is 0.229. The van der Waals surface area contributed by atoms with Gasteiger partial charge in [-0.25, -0.2) is 13.2 Å². The highest BCUT2D eigenvalue weighted by Gasteiger charge is 2.33. The maximum atomic E-state index is 11.2. The first-order valence-corrected chi connectivity index (χ1v) is 5.19. The summed E-state index contributed by atoms with van der Waals surface area (Å²) in [6, 6.07) is 0. The van der Waals surface area contributed by atoms with Crippen molar-refractivity contribution in [3.05, 3.63) is 5.21 Å². The Labute approximate surface area is 75.0 Å². The van der Waals surface area contributed by atoms with Gasteiger partial charge in [-0.15, -0.1) is 0 Å². The fourth-order valence-electron chi connectivity index (χ4n) is 0.944. The van der Waals surface area contributed by atoms with Crippen LogP contribution in [0, 0.1) is 5.21 Å². The van der Waals surface area contributed by atoms with Crippen LogP contribution in [0.5, 0.6) is 0 Å². The Morgan fingerprint density at radius 1 is 1.62 bits per heavy atom. The summed E-state index contributed by atoms with van der Waals surface area (Å²) in [6.45, 7) is 0.817. The zero-order chi connectivity index (χ0) is 10.2. The van der Waals surface area contributed by atoms with Gasteiger partial charge in [0, 0.05) is 0 Å². The molecular formula is C5H9N2O5S-. The number of sulfone groups is 1. The van der Waals surface area contributed by atoms with E-state index in [0.29, 0.717) is 4.90 Å². The number of hydroxylamine groups is 2. The normalized spacial score (nSPS) is 28.8. The fraction of sp³-hybridized carbons (Fsp3) is 0.800. The minimum atomic E-state index is -3.65. The van der Waals surface area contributed by atoms with Gasteiger partial charge in [-0.1, -0.05) is 0 Å². The zero-order valence-electron chi connectivity index (χ0n) is 6.87. The summed E-state index contributed by atoms with van der Waals surface area (Å²) >= 11 is 0. The van der Waals surface area contributed by atoms with Crippen molar-refractivity contribution in [1.82, 2.24) is 9.96 Å². The summed E-state index contributed by atoms with van der Waals surface area (Å²) in [7, 11) is -3.65. The molecule has 1 fully saturated rings. The number of carboxylic acid groups (broad SMARTS) is 1. The maximum Gasteiger partial charge on any atom is 0.409 e. The number of hydrogen-bond donors (Lipinski definition) is 1. The van der Waals surface area contributed by atoms with Crippen LogP contribution in [0.1, 0.15) is 6.92 Å². The zero-order valence-corrected chi connectivity index (χ0v) is 7.69. The quantitative estimate of drug-likeness (QED) is 0.574. The third kappa shape index (κ3) is 1.90. The number of carbonyl (C=O) groups is 1. The highest BCUT2D eigenvalue weighted by molar-refractivity contribution is 7.91. The second-order valence-corrected chi connectivity index (χ2v) is 5.04. The van der Waals surface area contributed by atoms with Gasteiger partial charge in [0.25, 0.3) is 0 Å². The molecule has 76 valence electrons. The first-order valence-electron chi connectivity index (χ1n) is 3.48. The lowest BCUT2D eigenvalue weighted by molar-refractivity contribution is 0.118. The lowest BCUT2D eigenvalue weighted by atomic mass is 10.7. The second-order valence-electron chi connectivity index (χ2n) is 2.77. The Morgan fingerprint density at radius 2 is 2.15 bits per heavy atom. The summed E-state index contributed by atoms with van der Waals surface area (Å²) in [4.78, 5) is 10.9. The van der Waals surface area contributed by atoms with Crippen molar-refractivity contribution >= 4 is 15.9 Å². The van der Waals surface area contributed by atoms with Crippen LogP contribution in [-0.2, 0) is 9.84 Å². The fourth-order valence-corrected chi connectivity index (χ4v) is 2.21. The molecule has 0 spiro atoms. The molecule has 0 aromatic heterocycles. The van der Waals surface area contributed by atoms with E-state index in [0.717, 1.165) is 0 Å². The van der Waals surface area contributed by atoms with E-state index >= 15 is 0 Å². The predicted octanol–water partition coefficient (Wildman–Crippen LogP) is -0.544. The highest BCUT2D eigenvalue weighted by Crippen LogP contribution is 2.15. The average Bonchev–Trinajstić information content (AvgIpc) is 1.99. The average molecular weight is 209 g/mol. The molecule has 7 nitrogen and oxygen atoms in total. The molecule has 0 aromatic rings. The first-order chi connectivity index (χ1) is 5.84. The van der Waals surface area contributed by atoms with E-state index in [4.69, 9.17) is 5.11 Å². The number of nitrogens with zero attached hydrogens (tertiary/aromatic N) is 2. The number of rotatable bonds is 0. The molecule has 1 amide bonds. The lowest BCUT2D eigenvalue weighted by Gasteiger charge is -2.42. The Kier molecular flexibility index (Phi) is 2.46.